The highest BCUT2D eigenvalue weighted by Crippen LogP contribution is 2.20. The molecule has 2 aromatic carbocycles. The molecule has 1 aliphatic rings. The highest BCUT2D eigenvalue weighted by molar-refractivity contribution is 5.96. The molecule has 8 nitrogen and oxygen atoms in total. The van der Waals surface area contributed by atoms with Gasteiger partial charge >= 0.3 is 5.97 Å². The molecule has 0 unspecified atom stereocenters. The molecule has 2 N–H and O–H groups in total. The number of carbonyl (C=O) groups is 2. The van der Waals surface area contributed by atoms with Crippen LogP contribution in [-0.2, 0) is 9.47 Å². The van der Waals surface area contributed by atoms with E-state index < -0.39 is 5.97 Å². The first kappa shape index (κ1) is 20.6. The van der Waals surface area contributed by atoms with Gasteiger partial charge < -0.3 is 24.3 Å². The van der Waals surface area contributed by atoms with E-state index in [4.69, 9.17) is 13.9 Å². The topological polar surface area (TPSA) is 110 Å². The summed E-state index contributed by atoms with van der Waals surface area (Å²) in [6.07, 6.45) is 1.90. The van der Waals surface area contributed by atoms with Crippen LogP contribution in [0.5, 0.6) is 5.75 Å². The summed E-state index contributed by atoms with van der Waals surface area (Å²) in [4.78, 5) is 29.0. The summed E-state index contributed by atoms with van der Waals surface area (Å²) in [7, 11) is 1.31. The average Bonchev–Trinajstić information content (AvgIpc) is 3.30. The average molecular weight is 422 g/mol. The van der Waals surface area contributed by atoms with Gasteiger partial charge in [0.2, 0.25) is 5.55 Å². The van der Waals surface area contributed by atoms with Gasteiger partial charge in [-0.1, -0.05) is 0 Å². The molecule has 31 heavy (non-hydrogen) atoms. The summed E-state index contributed by atoms with van der Waals surface area (Å²) in [5.74, 6) is -0.744. The number of phenols is 1. The maximum atomic E-state index is 12.9. The molecular formula is C23H22N2O6. The lowest BCUT2D eigenvalue weighted by Gasteiger charge is -2.11. The minimum Gasteiger partial charge on any atom is -0.508 e. The molecule has 4 rings (SSSR count). The summed E-state index contributed by atoms with van der Waals surface area (Å²) in [5, 5.41) is 13.3. The smallest absolute Gasteiger partial charge is 0.337 e. The van der Waals surface area contributed by atoms with E-state index in [0.717, 1.165) is 12.8 Å². The van der Waals surface area contributed by atoms with E-state index in [-0.39, 0.29) is 28.9 Å². The molecule has 1 amide bonds. The highest BCUT2D eigenvalue weighted by Gasteiger charge is 2.18. The summed E-state index contributed by atoms with van der Waals surface area (Å²) in [6, 6.07) is 12.7. The third-order valence-corrected chi connectivity index (χ3v) is 5.01. The van der Waals surface area contributed by atoms with Crippen LogP contribution in [0.2, 0.25) is 0 Å². The SMILES string of the molecule is COC(=O)c1ccc(N=c2oc3cc(O)ccc3cc2C(=O)NC[C@H]2CCCO2)cc1. The van der Waals surface area contributed by atoms with Crippen molar-refractivity contribution in [2.75, 3.05) is 20.3 Å². The Hall–Kier alpha value is -3.65. The van der Waals surface area contributed by atoms with Crippen molar-refractivity contribution in [3.63, 3.8) is 0 Å². The number of esters is 1. The molecule has 8 heteroatoms. The van der Waals surface area contributed by atoms with Gasteiger partial charge in [0.1, 0.15) is 16.9 Å². The normalized spacial score (nSPS) is 16.4. The molecule has 160 valence electrons. The minimum atomic E-state index is -0.452. The monoisotopic (exact) mass is 422 g/mol. The molecule has 0 radical (unpaired) electrons. The fourth-order valence-electron chi connectivity index (χ4n) is 3.37. The molecule has 0 saturated carbocycles. The van der Waals surface area contributed by atoms with Gasteiger partial charge in [-0.2, -0.15) is 0 Å². The molecule has 2 heterocycles. The number of nitrogens with zero attached hydrogens (tertiary/aromatic N) is 1. The Balaban J connectivity index is 1.72. The number of amides is 1. The van der Waals surface area contributed by atoms with Crippen molar-refractivity contribution < 1.29 is 28.6 Å². The van der Waals surface area contributed by atoms with Gasteiger partial charge in [0, 0.05) is 24.6 Å². The van der Waals surface area contributed by atoms with Crippen LogP contribution in [0.3, 0.4) is 0 Å². The number of hydrogen-bond donors (Lipinski definition) is 2. The minimum absolute atomic E-state index is 0.00421. The second-order valence-electron chi connectivity index (χ2n) is 7.18. The maximum Gasteiger partial charge on any atom is 0.337 e. The third kappa shape index (κ3) is 4.75. The van der Waals surface area contributed by atoms with E-state index in [2.05, 4.69) is 10.3 Å². The number of aromatic hydroxyl groups is 1. The zero-order chi connectivity index (χ0) is 21.8. The standard InChI is InChI=1S/C23H22N2O6/c1-29-23(28)14-4-7-16(8-5-14)25-22-19(21(27)24-13-18-3-2-10-30-18)11-15-6-9-17(26)12-20(15)31-22/h4-9,11-12,18,26H,2-3,10,13H2,1H3,(H,24,27)/t18-/m1/s1. The molecule has 1 atom stereocenters. The fourth-order valence-corrected chi connectivity index (χ4v) is 3.37. The van der Waals surface area contributed by atoms with Gasteiger partial charge in [0.05, 0.1) is 24.5 Å². The van der Waals surface area contributed by atoms with Gasteiger partial charge in [0.15, 0.2) is 0 Å². The number of hydrogen-bond acceptors (Lipinski definition) is 7. The van der Waals surface area contributed by atoms with Gasteiger partial charge in [-0.15, -0.1) is 0 Å². The summed E-state index contributed by atoms with van der Waals surface area (Å²) < 4.78 is 16.1. The van der Waals surface area contributed by atoms with E-state index in [1.165, 1.54) is 19.2 Å². The van der Waals surface area contributed by atoms with Crippen molar-refractivity contribution in [3.8, 4) is 5.75 Å². The van der Waals surface area contributed by atoms with Gasteiger partial charge in [-0.05, 0) is 55.3 Å². The second kappa shape index (κ2) is 9.01. The predicted octanol–water partition coefficient (Wildman–Crippen LogP) is 3.07. The van der Waals surface area contributed by atoms with Crippen LogP contribution < -0.4 is 10.9 Å². The van der Waals surface area contributed by atoms with E-state index in [1.54, 1.807) is 36.4 Å². The van der Waals surface area contributed by atoms with Crippen LogP contribution in [0.1, 0.15) is 33.6 Å². The number of phenolic OH excluding ortho intramolecular Hbond substituents is 1. The van der Waals surface area contributed by atoms with Crippen LogP contribution in [0, 0.1) is 0 Å². The molecule has 1 fully saturated rings. The number of carbonyl (C=O) groups excluding carboxylic acids is 2. The molecule has 1 aromatic heterocycles. The molecule has 0 spiro atoms. The first-order valence-electron chi connectivity index (χ1n) is 9.93. The third-order valence-electron chi connectivity index (χ3n) is 5.01. The second-order valence-corrected chi connectivity index (χ2v) is 7.18. The van der Waals surface area contributed by atoms with Crippen LogP contribution in [0.4, 0.5) is 5.69 Å². The van der Waals surface area contributed by atoms with Gasteiger partial charge in [-0.25, -0.2) is 9.79 Å². The summed E-state index contributed by atoms with van der Waals surface area (Å²) in [5.41, 5.74) is 1.61. The van der Waals surface area contributed by atoms with E-state index >= 15 is 0 Å². The molecular weight excluding hydrogens is 400 g/mol. The number of nitrogens with one attached hydrogen (secondary N) is 1. The first-order chi connectivity index (χ1) is 15.0. The maximum absolute atomic E-state index is 12.9. The summed E-state index contributed by atoms with van der Waals surface area (Å²) in [6.45, 7) is 1.11. The lowest BCUT2D eigenvalue weighted by atomic mass is 10.1. The number of methoxy groups -OCH3 is 1. The predicted molar refractivity (Wildman–Crippen MR) is 112 cm³/mol. The van der Waals surface area contributed by atoms with E-state index in [9.17, 15) is 14.7 Å². The van der Waals surface area contributed by atoms with Crippen LogP contribution in [0.25, 0.3) is 11.0 Å². The van der Waals surface area contributed by atoms with Crippen LogP contribution >= 0.6 is 0 Å². The van der Waals surface area contributed by atoms with E-state index in [1.807, 2.05) is 0 Å². The Bertz CT molecular complexity index is 1180. The van der Waals surface area contributed by atoms with Crippen molar-refractivity contribution in [1.82, 2.24) is 5.32 Å². The number of ether oxygens (including phenoxy) is 2. The first-order valence-corrected chi connectivity index (χ1v) is 9.93. The van der Waals surface area contributed by atoms with Crippen LogP contribution in [-0.4, -0.2) is 43.3 Å². The summed E-state index contributed by atoms with van der Waals surface area (Å²) >= 11 is 0. The Kier molecular flexibility index (Phi) is 5.99. The number of fused-ring (bicyclic) bond motifs is 1. The van der Waals surface area contributed by atoms with Gasteiger partial charge in [0.25, 0.3) is 5.91 Å². The lowest BCUT2D eigenvalue weighted by Crippen LogP contribution is -2.34. The quantitative estimate of drug-likeness (QED) is 0.612. The fraction of sp³-hybridized carbons (Fsp3) is 0.261. The van der Waals surface area contributed by atoms with Gasteiger partial charge in [-0.3, -0.25) is 4.79 Å². The zero-order valence-electron chi connectivity index (χ0n) is 17.0. The Morgan fingerprint density at radius 3 is 2.71 bits per heavy atom. The molecule has 0 bridgehead atoms. The lowest BCUT2D eigenvalue weighted by molar-refractivity contribution is 0.0600. The largest absolute Gasteiger partial charge is 0.508 e. The number of rotatable bonds is 5. The molecule has 0 aliphatic carbocycles. The van der Waals surface area contributed by atoms with Crippen LogP contribution in [0.15, 0.2) is 57.9 Å². The Morgan fingerprint density at radius 2 is 2.00 bits per heavy atom. The van der Waals surface area contributed by atoms with Crippen molar-refractivity contribution >= 4 is 28.5 Å². The number of benzene rings is 2. The van der Waals surface area contributed by atoms with Crippen molar-refractivity contribution in [3.05, 3.63) is 65.2 Å². The highest BCUT2D eigenvalue weighted by atomic mass is 16.5. The van der Waals surface area contributed by atoms with Crippen molar-refractivity contribution in [2.45, 2.75) is 18.9 Å². The molecule has 1 saturated heterocycles. The zero-order valence-corrected chi connectivity index (χ0v) is 17.0. The van der Waals surface area contributed by atoms with E-state index in [0.29, 0.717) is 35.4 Å². The Morgan fingerprint density at radius 1 is 1.19 bits per heavy atom. The van der Waals surface area contributed by atoms with Crippen molar-refractivity contribution in [2.24, 2.45) is 4.99 Å². The Labute approximate surface area is 178 Å². The van der Waals surface area contributed by atoms with Crippen molar-refractivity contribution in [1.29, 1.82) is 0 Å². The molecule has 3 aromatic rings. The molecule has 1 aliphatic heterocycles.